The molecule has 0 unspecified atom stereocenters. The number of benzene rings is 1. The van der Waals surface area contributed by atoms with Crippen molar-refractivity contribution in [2.75, 3.05) is 18.4 Å². The van der Waals surface area contributed by atoms with E-state index in [2.05, 4.69) is 10.3 Å². The number of aromatic nitrogens is 2. The molecular formula is C20H24N4O3S2. The van der Waals surface area contributed by atoms with Crippen LogP contribution in [0.15, 0.2) is 57.7 Å². The first-order valence-electron chi connectivity index (χ1n) is 9.32. The second-order valence-corrected chi connectivity index (χ2v) is 9.30. The van der Waals surface area contributed by atoms with Gasteiger partial charge in [-0.1, -0.05) is 32.0 Å². The lowest BCUT2D eigenvalue weighted by atomic mass is 10.2. The van der Waals surface area contributed by atoms with Gasteiger partial charge < -0.3 is 9.88 Å². The molecule has 7 nitrogen and oxygen atoms in total. The summed E-state index contributed by atoms with van der Waals surface area (Å²) in [6.07, 6.45) is 1.39. The molecule has 0 saturated carbocycles. The van der Waals surface area contributed by atoms with Crippen LogP contribution in [-0.2, 0) is 16.6 Å². The standard InChI is InChI=1S/C20H24N4O3S2/c1-4-24(5-2)29(26,27)17-10-11-19(25)23(13-17)12-16-14-28-20(21-16)22-18-9-7-6-8-15(18)3/h6-11,13-14H,4-5,12H2,1-3H3,(H,21,22). The number of nitrogens with one attached hydrogen (secondary N) is 1. The van der Waals surface area contributed by atoms with Crippen molar-refractivity contribution in [2.45, 2.75) is 32.2 Å². The maximum Gasteiger partial charge on any atom is 0.250 e. The Bertz CT molecular complexity index is 1150. The van der Waals surface area contributed by atoms with Crippen LogP contribution >= 0.6 is 11.3 Å². The summed E-state index contributed by atoms with van der Waals surface area (Å²) in [7, 11) is -3.63. The van der Waals surface area contributed by atoms with Crippen molar-refractivity contribution in [3.8, 4) is 0 Å². The molecule has 3 aromatic rings. The molecule has 0 aliphatic rings. The Labute approximate surface area is 174 Å². The Morgan fingerprint density at radius 2 is 1.86 bits per heavy atom. The van der Waals surface area contributed by atoms with Crippen LogP contribution < -0.4 is 10.9 Å². The highest BCUT2D eigenvalue weighted by Gasteiger charge is 2.22. The Morgan fingerprint density at radius 3 is 2.55 bits per heavy atom. The van der Waals surface area contributed by atoms with Crippen molar-refractivity contribution in [3.63, 3.8) is 0 Å². The van der Waals surface area contributed by atoms with Crippen molar-refractivity contribution < 1.29 is 8.42 Å². The van der Waals surface area contributed by atoms with Crippen LogP contribution in [-0.4, -0.2) is 35.4 Å². The number of para-hydroxylation sites is 1. The minimum Gasteiger partial charge on any atom is -0.331 e. The smallest absolute Gasteiger partial charge is 0.250 e. The maximum absolute atomic E-state index is 12.7. The Hall–Kier alpha value is -2.49. The van der Waals surface area contributed by atoms with Gasteiger partial charge in [0.15, 0.2) is 5.13 Å². The van der Waals surface area contributed by atoms with E-state index in [0.717, 1.165) is 11.3 Å². The molecule has 0 aliphatic heterocycles. The van der Waals surface area contributed by atoms with Crippen molar-refractivity contribution >= 4 is 32.2 Å². The fourth-order valence-electron chi connectivity index (χ4n) is 2.94. The van der Waals surface area contributed by atoms with E-state index >= 15 is 0 Å². The first-order chi connectivity index (χ1) is 13.8. The predicted octanol–water partition coefficient (Wildman–Crippen LogP) is 3.44. The van der Waals surface area contributed by atoms with Crippen molar-refractivity contribution in [3.05, 3.63) is 69.6 Å². The molecular weight excluding hydrogens is 408 g/mol. The third kappa shape index (κ3) is 4.75. The summed E-state index contributed by atoms with van der Waals surface area (Å²) < 4.78 is 28.2. The van der Waals surface area contributed by atoms with Crippen LogP contribution in [0.3, 0.4) is 0 Å². The molecule has 2 aromatic heterocycles. The highest BCUT2D eigenvalue weighted by molar-refractivity contribution is 7.89. The number of anilines is 2. The fraction of sp³-hybridized carbons (Fsp3) is 0.300. The number of aryl methyl sites for hydroxylation is 1. The van der Waals surface area contributed by atoms with E-state index in [4.69, 9.17) is 0 Å². The second-order valence-electron chi connectivity index (χ2n) is 6.50. The topological polar surface area (TPSA) is 84.3 Å². The van der Waals surface area contributed by atoms with E-state index < -0.39 is 10.0 Å². The van der Waals surface area contributed by atoms with Crippen molar-refractivity contribution in [1.82, 2.24) is 13.9 Å². The summed E-state index contributed by atoms with van der Waals surface area (Å²) >= 11 is 1.44. The van der Waals surface area contributed by atoms with Gasteiger partial charge in [0.2, 0.25) is 10.0 Å². The minimum atomic E-state index is -3.63. The van der Waals surface area contributed by atoms with Gasteiger partial charge in [-0.15, -0.1) is 11.3 Å². The van der Waals surface area contributed by atoms with Gasteiger partial charge in [-0.3, -0.25) is 4.79 Å². The molecule has 0 amide bonds. The lowest BCUT2D eigenvalue weighted by molar-refractivity contribution is 0.444. The van der Waals surface area contributed by atoms with Crippen molar-refractivity contribution in [2.24, 2.45) is 0 Å². The van der Waals surface area contributed by atoms with E-state index in [-0.39, 0.29) is 17.0 Å². The molecule has 0 spiro atoms. The molecule has 0 bridgehead atoms. The van der Waals surface area contributed by atoms with E-state index in [0.29, 0.717) is 23.9 Å². The average Bonchev–Trinajstić information content (AvgIpc) is 3.13. The number of sulfonamides is 1. The second kappa shape index (κ2) is 8.89. The molecule has 0 aliphatic carbocycles. The summed E-state index contributed by atoms with van der Waals surface area (Å²) in [6.45, 7) is 6.53. The lowest BCUT2D eigenvalue weighted by Crippen LogP contribution is -2.32. The van der Waals surface area contributed by atoms with Gasteiger partial charge in [0.25, 0.3) is 5.56 Å². The van der Waals surface area contributed by atoms with E-state index in [1.807, 2.05) is 36.6 Å². The zero-order valence-corrected chi connectivity index (χ0v) is 18.3. The monoisotopic (exact) mass is 432 g/mol. The minimum absolute atomic E-state index is 0.106. The van der Waals surface area contributed by atoms with E-state index in [1.54, 1.807) is 13.8 Å². The van der Waals surface area contributed by atoms with Crippen LogP contribution in [0.25, 0.3) is 0 Å². The van der Waals surface area contributed by atoms with Gasteiger partial charge in [0.1, 0.15) is 0 Å². The number of hydrogen-bond donors (Lipinski definition) is 1. The van der Waals surface area contributed by atoms with Gasteiger partial charge in [0.05, 0.1) is 17.1 Å². The highest BCUT2D eigenvalue weighted by atomic mass is 32.2. The maximum atomic E-state index is 12.7. The normalized spacial score (nSPS) is 11.7. The Balaban J connectivity index is 1.83. The van der Waals surface area contributed by atoms with Crippen LogP contribution in [0.2, 0.25) is 0 Å². The summed E-state index contributed by atoms with van der Waals surface area (Å²) in [4.78, 5) is 16.9. The highest BCUT2D eigenvalue weighted by Crippen LogP contribution is 2.23. The van der Waals surface area contributed by atoms with Crippen LogP contribution in [0.5, 0.6) is 0 Å². The van der Waals surface area contributed by atoms with Crippen LogP contribution in [0.1, 0.15) is 25.1 Å². The third-order valence-electron chi connectivity index (χ3n) is 4.57. The van der Waals surface area contributed by atoms with E-state index in [9.17, 15) is 13.2 Å². The van der Waals surface area contributed by atoms with Gasteiger partial charge in [-0.25, -0.2) is 13.4 Å². The third-order valence-corrected chi connectivity index (χ3v) is 7.41. The zero-order chi connectivity index (χ0) is 21.0. The first kappa shape index (κ1) is 21.2. The molecule has 2 heterocycles. The summed E-state index contributed by atoms with van der Waals surface area (Å²) in [5.41, 5.74) is 2.49. The molecule has 3 rings (SSSR count). The van der Waals surface area contributed by atoms with Gasteiger partial charge >= 0.3 is 0 Å². The number of hydrogen-bond acceptors (Lipinski definition) is 6. The van der Waals surface area contributed by atoms with E-state index in [1.165, 1.54) is 38.5 Å². The SMILES string of the molecule is CCN(CC)S(=O)(=O)c1ccc(=O)n(Cc2csc(Nc3ccccc3C)n2)c1. The molecule has 0 fully saturated rings. The summed E-state index contributed by atoms with van der Waals surface area (Å²) in [5.74, 6) is 0. The first-order valence-corrected chi connectivity index (χ1v) is 11.6. The molecule has 0 saturated heterocycles. The lowest BCUT2D eigenvalue weighted by Gasteiger charge is -2.18. The van der Waals surface area contributed by atoms with Crippen LogP contribution in [0, 0.1) is 6.92 Å². The van der Waals surface area contributed by atoms with Crippen LogP contribution in [0.4, 0.5) is 10.8 Å². The predicted molar refractivity (Wildman–Crippen MR) is 116 cm³/mol. The number of pyridine rings is 1. The quantitative estimate of drug-likeness (QED) is 0.589. The molecule has 29 heavy (non-hydrogen) atoms. The molecule has 1 aromatic carbocycles. The molecule has 154 valence electrons. The Kier molecular flexibility index (Phi) is 6.51. The number of nitrogens with zero attached hydrogens (tertiary/aromatic N) is 3. The largest absolute Gasteiger partial charge is 0.331 e. The fourth-order valence-corrected chi connectivity index (χ4v) is 5.13. The molecule has 0 radical (unpaired) electrons. The van der Waals surface area contributed by atoms with Crippen molar-refractivity contribution in [1.29, 1.82) is 0 Å². The molecule has 9 heteroatoms. The average molecular weight is 433 g/mol. The number of rotatable bonds is 8. The van der Waals surface area contributed by atoms with Gasteiger partial charge in [0, 0.05) is 36.4 Å². The Morgan fingerprint density at radius 1 is 1.14 bits per heavy atom. The van der Waals surface area contributed by atoms with Gasteiger partial charge in [-0.2, -0.15) is 4.31 Å². The van der Waals surface area contributed by atoms with Gasteiger partial charge in [-0.05, 0) is 24.6 Å². The zero-order valence-electron chi connectivity index (χ0n) is 16.6. The summed E-state index contributed by atoms with van der Waals surface area (Å²) in [5, 5.41) is 5.85. The summed E-state index contributed by atoms with van der Waals surface area (Å²) in [6, 6.07) is 10.6. The molecule has 1 N–H and O–H groups in total. The molecule has 0 atom stereocenters. The number of thiazole rings is 1.